The highest BCUT2D eigenvalue weighted by Crippen LogP contribution is 2.32. The van der Waals surface area contributed by atoms with Crippen molar-refractivity contribution in [3.8, 4) is 0 Å². The van der Waals surface area contributed by atoms with Crippen molar-refractivity contribution >= 4 is 16.0 Å². The lowest BCUT2D eigenvalue weighted by Gasteiger charge is -2.10. The molecule has 0 aromatic carbocycles. The zero-order chi connectivity index (χ0) is 11.5. The van der Waals surface area contributed by atoms with Crippen molar-refractivity contribution < 1.29 is 23.4 Å². The molecular formula is C8H15NO5S. The largest absolute Gasteiger partial charge is 0.481 e. The molecule has 7 heteroatoms. The Balaban J connectivity index is 2.25. The van der Waals surface area contributed by atoms with Crippen LogP contribution in [0, 0.1) is 5.92 Å². The van der Waals surface area contributed by atoms with Crippen molar-refractivity contribution in [1.29, 1.82) is 0 Å². The van der Waals surface area contributed by atoms with Gasteiger partial charge in [0.05, 0.1) is 18.3 Å². The van der Waals surface area contributed by atoms with Gasteiger partial charge in [-0.15, -0.1) is 0 Å². The maximum Gasteiger partial charge on any atom is 0.304 e. The first kappa shape index (κ1) is 12.4. The molecule has 0 bridgehead atoms. The van der Waals surface area contributed by atoms with E-state index in [0.29, 0.717) is 0 Å². The van der Waals surface area contributed by atoms with Crippen LogP contribution < -0.4 is 4.72 Å². The first-order valence-corrected chi connectivity index (χ1v) is 6.43. The van der Waals surface area contributed by atoms with Gasteiger partial charge in [-0.05, 0) is 18.8 Å². The zero-order valence-electron chi connectivity index (χ0n) is 8.22. The monoisotopic (exact) mass is 237 g/mol. The molecule has 0 radical (unpaired) electrons. The number of aliphatic hydroxyl groups excluding tert-OH is 1. The van der Waals surface area contributed by atoms with Crippen LogP contribution in [0.3, 0.4) is 0 Å². The summed E-state index contributed by atoms with van der Waals surface area (Å²) in [5.41, 5.74) is 0. The van der Waals surface area contributed by atoms with Gasteiger partial charge in [0.25, 0.3) is 0 Å². The van der Waals surface area contributed by atoms with E-state index in [1.165, 1.54) is 0 Å². The zero-order valence-corrected chi connectivity index (χ0v) is 9.03. The summed E-state index contributed by atoms with van der Waals surface area (Å²) < 4.78 is 24.6. The number of carbonyl (C=O) groups is 1. The first-order valence-electron chi connectivity index (χ1n) is 4.78. The number of aliphatic carboxylic acids is 1. The fourth-order valence-electron chi connectivity index (χ4n) is 1.15. The van der Waals surface area contributed by atoms with Crippen molar-refractivity contribution in [3.05, 3.63) is 0 Å². The maximum absolute atomic E-state index is 11.2. The second kappa shape index (κ2) is 4.91. The van der Waals surface area contributed by atoms with Gasteiger partial charge in [0, 0.05) is 6.54 Å². The molecule has 15 heavy (non-hydrogen) atoms. The van der Waals surface area contributed by atoms with Crippen LogP contribution in [0.4, 0.5) is 0 Å². The Hall–Kier alpha value is -0.660. The van der Waals surface area contributed by atoms with E-state index >= 15 is 0 Å². The number of aliphatic hydroxyl groups is 1. The number of sulfonamides is 1. The SMILES string of the molecule is O=C(O)CCS(=O)(=O)NCC(O)C1CC1. The number of rotatable bonds is 7. The predicted molar refractivity (Wildman–Crippen MR) is 52.8 cm³/mol. The summed E-state index contributed by atoms with van der Waals surface area (Å²) in [6.07, 6.45) is 0.787. The number of hydrogen-bond donors (Lipinski definition) is 3. The molecule has 1 atom stereocenters. The van der Waals surface area contributed by atoms with E-state index in [2.05, 4.69) is 4.72 Å². The molecule has 0 spiro atoms. The van der Waals surface area contributed by atoms with Gasteiger partial charge in [0.2, 0.25) is 10.0 Å². The average Bonchev–Trinajstić information content (AvgIpc) is 2.94. The van der Waals surface area contributed by atoms with Crippen LogP contribution in [0.5, 0.6) is 0 Å². The summed E-state index contributed by atoms with van der Waals surface area (Å²) in [7, 11) is -3.57. The van der Waals surface area contributed by atoms with Gasteiger partial charge < -0.3 is 10.2 Å². The van der Waals surface area contributed by atoms with Crippen LogP contribution in [-0.2, 0) is 14.8 Å². The molecule has 1 saturated carbocycles. The van der Waals surface area contributed by atoms with Crippen molar-refractivity contribution in [1.82, 2.24) is 4.72 Å². The fraction of sp³-hybridized carbons (Fsp3) is 0.875. The minimum atomic E-state index is -3.57. The average molecular weight is 237 g/mol. The van der Waals surface area contributed by atoms with Crippen LogP contribution in [0.15, 0.2) is 0 Å². The highest BCUT2D eigenvalue weighted by Gasteiger charge is 2.30. The second-order valence-corrected chi connectivity index (χ2v) is 5.64. The molecule has 1 aliphatic rings. The molecule has 0 aliphatic heterocycles. The predicted octanol–water partition coefficient (Wildman–Crippen LogP) is -0.849. The van der Waals surface area contributed by atoms with E-state index < -0.39 is 34.3 Å². The Labute approximate surface area is 88.3 Å². The van der Waals surface area contributed by atoms with Crippen LogP contribution in [0.1, 0.15) is 19.3 Å². The molecular weight excluding hydrogens is 222 g/mol. The van der Waals surface area contributed by atoms with Gasteiger partial charge in [0.15, 0.2) is 0 Å². The summed E-state index contributed by atoms with van der Waals surface area (Å²) in [4.78, 5) is 10.2. The third kappa shape index (κ3) is 5.10. The number of carboxylic acid groups (broad SMARTS) is 1. The lowest BCUT2D eigenvalue weighted by Crippen LogP contribution is -2.35. The molecule has 0 aromatic rings. The third-order valence-corrected chi connectivity index (χ3v) is 3.61. The van der Waals surface area contributed by atoms with Gasteiger partial charge in [0.1, 0.15) is 0 Å². The summed E-state index contributed by atoms with van der Waals surface area (Å²) in [5, 5.41) is 17.7. The molecule has 0 amide bonds. The van der Waals surface area contributed by atoms with Crippen molar-refractivity contribution in [3.63, 3.8) is 0 Å². The van der Waals surface area contributed by atoms with E-state index in [1.54, 1.807) is 0 Å². The van der Waals surface area contributed by atoms with Gasteiger partial charge in [-0.1, -0.05) is 0 Å². The smallest absolute Gasteiger partial charge is 0.304 e. The highest BCUT2D eigenvalue weighted by atomic mass is 32.2. The van der Waals surface area contributed by atoms with E-state index in [-0.39, 0.29) is 12.5 Å². The summed E-state index contributed by atoms with van der Waals surface area (Å²) in [5.74, 6) is -1.39. The van der Waals surface area contributed by atoms with Crippen molar-refractivity contribution in [2.24, 2.45) is 5.92 Å². The molecule has 88 valence electrons. The second-order valence-electron chi connectivity index (χ2n) is 3.72. The van der Waals surface area contributed by atoms with Crippen LogP contribution in [0.25, 0.3) is 0 Å². The standard InChI is InChI=1S/C8H15NO5S/c10-7(6-1-2-6)5-9-15(13,14)4-3-8(11)12/h6-7,9-10H,1-5H2,(H,11,12). The molecule has 1 fully saturated rings. The van der Waals surface area contributed by atoms with E-state index in [4.69, 9.17) is 5.11 Å². The van der Waals surface area contributed by atoms with E-state index in [9.17, 15) is 18.3 Å². The van der Waals surface area contributed by atoms with Crippen LogP contribution in [-0.4, -0.2) is 43.0 Å². The lowest BCUT2D eigenvalue weighted by atomic mass is 10.2. The van der Waals surface area contributed by atoms with Crippen LogP contribution in [0.2, 0.25) is 0 Å². The maximum atomic E-state index is 11.2. The molecule has 0 aromatic heterocycles. The molecule has 6 nitrogen and oxygen atoms in total. The van der Waals surface area contributed by atoms with Crippen molar-refractivity contribution in [2.45, 2.75) is 25.4 Å². The van der Waals surface area contributed by atoms with Crippen molar-refractivity contribution in [2.75, 3.05) is 12.3 Å². The molecule has 1 aliphatic carbocycles. The van der Waals surface area contributed by atoms with E-state index in [0.717, 1.165) is 12.8 Å². The van der Waals surface area contributed by atoms with Gasteiger partial charge >= 0.3 is 5.97 Å². The Morgan fingerprint density at radius 1 is 1.47 bits per heavy atom. The summed E-state index contributed by atoms with van der Waals surface area (Å²) in [6, 6.07) is 0. The molecule has 3 N–H and O–H groups in total. The van der Waals surface area contributed by atoms with Gasteiger partial charge in [-0.3, -0.25) is 4.79 Å². The van der Waals surface area contributed by atoms with Gasteiger partial charge in [-0.2, -0.15) is 0 Å². The normalized spacial score (nSPS) is 18.7. The van der Waals surface area contributed by atoms with Gasteiger partial charge in [-0.25, -0.2) is 13.1 Å². The first-order chi connectivity index (χ1) is 6.91. The number of carboxylic acids is 1. The topological polar surface area (TPSA) is 104 Å². The van der Waals surface area contributed by atoms with E-state index in [1.807, 2.05) is 0 Å². The lowest BCUT2D eigenvalue weighted by molar-refractivity contribution is -0.136. The Morgan fingerprint density at radius 2 is 2.07 bits per heavy atom. The third-order valence-electron chi connectivity index (χ3n) is 2.26. The Morgan fingerprint density at radius 3 is 2.53 bits per heavy atom. The van der Waals surface area contributed by atoms with Crippen LogP contribution >= 0.6 is 0 Å². The molecule has 0 saturated heterocycles. The number of hydrogen-bond acceptors (Lipinski definition) is 4. The summed E-state index contributed by atoms with van der Waals surface area (Å²) >= 11 is 0. The Bertz CT molecular complexity index is 322. The summed E-state index contributed by atoms with van der Waals surface area (Å²) in [6.45, 7) is -0.0212. The number of nitrogens with one attached hydrogen (secondary N) is 1. The fourth-order valence-corrected chi connectivity index (χ4v) is 2.17. The highest BCUT2D eigenvalue weighted by molar-refractivity contribution is 7.89. The Kier molecular flexibility index (Phi) is 4.06. The molecule has 1 rings (SSSR count). The molecule has 1 unspecified atom stereocenters. The minimum Gasteiger partial charge on any atom is -0.481 e. The molecule has 0 heterocycles. The quantitative estimate of drug-likeness (QED) is 0.535. The minimum absolute atomic E-state index is 0.0212.